The molecule has 0 N–H and O–H groups in total. The van der Waals surface area contributed by atoms with Crippen LogP contribution in [0.1, 0.15) is 12.5 Å². The second-order valence-corrected chi connectivity index (χ2v) is 6.14. The van der Waals surface area contributed by atoms with Gasteiger partial charge in [-0.1, -0.05) is 24.3 Å². The molecule has 130 valence electrons. The van der Waals surface area contributed by atoms with Gasteiger partial charge in [-0.15, -0.1) is 0 Å². The van der Waals surface area contributed by atoms with Crippen LogP contribution in [-0.2, 0) is 0 Å². The first-order valence-electron chi connectivity index (χ1n) is 8.54. The van der Waals surface area contributed by atoms with Crippen LogP contribution in [0.5, 0.6) is 5.75 Å². The quantitative estimate of drug-likeness (QED) is 0.453. The molecule has 0 atom stereocenters. The monoisotopic (exact) mass is 347 g/mol. The summed E-state index contributed by atoms with van der Waals surface area (Å²) in [5.74, 6) is 0.733. The van der Waals surface area contributed by atoms with Crippen molar-refractivity contribution in [1.82, 2.24) is 4.98 Å². The van der Waals surface area contributed by atoms with Gasteiger partial charge in [-0.3, -0.25) is 0 Å². The average molecular weight is 347 g/mol. The number of aromatic nitrogens is 1. The van der Waals surface area contributed by atoms with Crippen LogP contribution in [0.15, 0.2) is 65.1 Å². The van der Waals surface area contributed by atoms with Gasteiger partial charge in [0.15, 0.2) is 5.58 Å². The molecule has 0 fully saturated rings. The fourth-order valence-electron chi connectivity index (χ4n) is 2.93. The van der Waals surface area contributed by atoms with Crippen LogP contribution in [0, 0.1) is 12.7 Å². The highest BCUT2D eigenvalue weighted by Gasteiger charge is 2.14. The highest BCUT2D eigenvalue weighted by atomic mass is 19.1. The number of halogens is 1. The van der Waals surface area contributed by atoms with Crippen molar-refractivity contribution < 1.29 is 13.5 Å². The topological polar surface area (TPSA) is 35.3 Å². The lowest BCUT2D eigenvalue weighted by Crippen LogP contribution is -1.91. The molecule has 0 aliphatic rings. The largest absolute Gasteiger partial charge is 0.494 e. The van der Waals surface area contributed by atoms with Crippen LogP contribution in [0.2, 0.25) is 0 Å². The summed E-state index contributed by atoms with van der Waals surface area (Å²) in [6.45, 7) is 4.54. The molecule has 0 aliphatic heterocycles. The zero-order valence-corrected chi connectivity index (χ0v) is 14.6. The normalized spacial score (nSPS) is 11.0. The first kappa shape index (κ1) is 16.3. The number of hydrogen-bond acceptors (Lipinski definition) is 3. The molecule has 4 aromatic rings. The molecule has 4 heteroatoms. The Labute approximate surface area is 151 Å². The van der Waals surface area contributed by atoms with Crippen molar-refractivity contribution >= 4 is 11.1 Å². The van der Waals surface area contributed by atoms with Crippen molar-refractivity contribution in [2.45, 2.75) is 13.8 Å². The molecule has 3 aromatic carbocycles. The molecular formula is C22H18FNO2. The first-order chi connectivity index (χ1) is 12.6. The zero-order valence-electron chi connectivity index (χ0n) is 14.6. The van der Waals surface area contributed by atoms with Gasteiger partial charge in [0, 0.05) is 0 Å². The Hall–Kier alpha value is -3.14. The summed E-state index contributed by atoms with van der Waals surface area (Å²) in [5, 5.41) is 0. The maximum atomic E-state index is 14.7. The minimum absolute atomic E-state index is 0.293. The molecule has 0 unspecified atom stereocenters. The molecule has 0 radical (unpaired) electrons. The van der Waals surface area contributed by atoms with Crippen LogP contribution in [0.3, 0.4) is 0 Å². The summed E-state index contributed by atoms with van der Waals surface area (Å²) >= 11 is 0. The number of aryl methyl sites for hydroxylation is 1. The lowest BCUT2D eigenvalue weighted by molar-refractivity contribution is 0.340. The number of benzene rings is 3. The fraction of sp³-hybridized carbons (Fsp3) is 0.136. The molecule has 0 saturated heterocycles. The summed E-state index contributed by atoms with van der Waals surface area (Å²) in [5.41, 5.74) is 4.54. The Balaban J connectivity index is 1.68. The van der Waals surface area contributed by atoms with Crippen LogP contribution >= 0.6 is 0 Å². The second-order valence-electron chi connectivity index (χ2n) is 6.14. The highest BCUT2D eigenvalue weighted by Crippen LogP contribution is 2.30. The molecule has 1 heterocycles. The number of ether oxygens (including phenoxy) is 1. The van der Waals surface area contributed by atoms with E-state index in [2.05, 4.69) is 4.98 Å². The predicted octanol–water partition coefficient (Wildman–Crippen LogP) is 6.01. The molecule has 3 nitrogen and oxygen atoms in total. The first-order valence-corrected chi connectivity index (χ1v) is 8.54. The average Bonchev–Trinajstić information content (AvgIpc) is 3.05. The van der Waals surface area contributed by atoms with E-state index in [0.29, 0.717) is 23.6 Å². The molecule has 0 bridgehead atoms. The summed E-state index contributed by atoms with van der Waals surface area (Å²) in [7, 11) is 0. The molecule has 0 saturated carbocycles. The van der Waals surface area contributed by atoms with Gasteiger partial charge in [0.1, 0.15) is 17.1 Å². The van der Waals surface area contributed by atoms with Crippen LogP contribution in [0.4, 0.5) is 4.39 Å². The maximum Gasteiger partial charge on any atom is 0.230 e. The standard InChI is InChI=1S/C22H18FNO2/c1-3-25-17-8-5-15(6-9-17)16-7-10-18(19(23)13-16)22-24-20-12-14(2)4-11-21(20)26-22/h4-13H,3H2,1-2H3. The molecule has 1 aromatic heterocycles. The van der Waals surface area contributed by atoms with Gasteiger partial charge in [-0.05, 0) is 66.9 Å². The van der Waals surface area contributed by atoms with Gasteiger partial charge in [0.25, 0.3) is 0 Å². The molecule has 0 aliphatic carbocycles. The molecule has 26 heavy (non-hydrogen) atoms. The van der Waals surface area contributed by atoms with E-state index in [1.807, 2.05) is 62.4 Å². The van der Waals surface area contributed by atoms with Crippen molar-refractivity contribution in [2.24, 2.45) is 0 Å². The van der Waals surface area contributed by atoms with E-state index < -0.39 is 0 Å². The Bertz CT molecular complexity index is 1070. The van der Waals surface area contributed by atoms with Gasteiger partial charge in [-0.25, -0.2) is 9.37 Å². The Morgan fingerprint density at radius 2 is 1.73 bits per heavy atom. The van der Waals surface area contributed by atoms with Crippen LogP contribution in [0.25, 0.3) is 33.7 Å². The van der Waals surface area contributed by atoms with E-state index in [0.717, 1.165) is 28.0 Å². The van der Waals surface area contributed by atoms with E-state index in [1.54, 1.807) is 6.07 Å². The minimum Gasteiger partial charge on any atom is -0.494 e. The zero-order chi connectivity index (χ0) is 18.1. The Morgan fingerprint density at radius 3 is 2.46 bits per heavy atom. The number of rotatable bonds is 4. The van der Waals surface area contributed by atoms with E-state index in [4.69, 9.17) is 9.15 Å². The van der Waals surface area contributed by atoms with Gasteiger partial charge in [0.05, 0.1) is 12.2 Å². The summed E-state index contributed by atoms with van der Waals surface area (Å²) in [6, 6.07) is 18.4. The Kier molecular flexibility index (Phi) is 4.17. The van der Waals surface area contributed by atoms with Crippen molar-refractivity contribution in [3.63, 3.8) is 0 Å². The fourth-order valence-corrected chi connectivity index (χ4v) is 2.93. The lowest BCUT2D eigenvalue weighted by Gasteiger charge is -2.06. The smallest absolute Gasteiger partial charge is 0.230 e. The lowest BCUT2D eigenvalue weighted by atomic mass is 10.0. The number of nitrogens with zero attached hydrogens (tertiary/aromatic N) is 1. The van der Waals surface area contributed by atoms with Gasteiger partial charge in [-0.2, -0.15) is 0 Å². The molecule has 0 amide bonds. The third kappa shape index (κ3) is 3.06. The molecular weight excluding hydrogens is 329 g/mol. The van der Waals surface area contributed by atoms with Gasteiger partial charge in [0.2, 0.25) is 5.89 Å². The highest BCUT2D eigenvalue weighted by molar-refractivity contribution is 5.77. The van der Waals surface area contributed by atoms with Crippen LogP contribution in [-0.4, -0.2) is 11.6 Å². The van der Waals surface area contributed by atoms with E-state index in [9.17, 15) is 4.39 Å². The van der Waals surface area contributed by atoms with Crippen molar-refractivity contribution in [2.75, 3.05) is 6.61 Å². The Morgan fingerprint density at radius 1 is 0.962 bits per heavy atom. The van der Waals surface area contributed by atoms with Crippen LogP contribution < -0.4 is 4.74 Å². The van der Waals surface area contributed by atoms with Gasteiger partial charge >= 0.3 is 0 Å². The summed E-state index contributed by atoms with van der Waals surface area (Å²) < 4.78 is 25.9. The third-order valence-electron chi connectivity index (χ3n) is 4.24. The van der Waals surface area contributed by atoms with Crippen molar-refractivity contribution in [3.8, 4) is 28.3 Å². The SMILES string of the molecule is CCOc1ccc(-c2ccc(-c3nc4cc(C)ccc4o3)c(F)c2)cc1. The second kappa shape index (κ2) is 6.64. The van der Waals surface area contributed by atoms with E-state index in [-0.39, 0.29) is 5.82 Å². The number of fused-ring (bicyclic) bond motifs is 1. The van der Waals surface area contributed by atoms with Gasteiger partial charge < -0.3 is 9.15 Å². The summed E-state index contributed by atoms with van der Waals surface area (Å²) in [6.07, 6.45) is 0. The van der Waals surface area contributed by atoms with E-state index >= 15 is 0 Å². The third-order valence-corrected chi connectivity index (χ3v) is 4.24. The summed E-state index contributed by atoms with van der Waals surface area (Å²) in [4.78, 5) is 4.42. The number of hydrogen-bond donors (Lipinski definition) is 0. The van der Waals surface area contributed by atoms with Crippen molar-refractivity contribution in [3.05, 3.63) is 72.0 Å². The number of oxazole rings is 1. The minimum atomic E-state index is -0.361. The predicted molar refractivity (Wildman–Crippen MR) is 101 cm³/mol. The van der Waals surface area contributed by atoms with Crippen molar-refractivity contribution in [1.29, 1.82) is 0 Å². The maximum absolute atomic E-state index is 14.7. The molecule has 0 spiro atoms. The van der Waals surface area contributed by atoms with E-state index in [1.165, 1.54) is 6.07 Å². The molecule has 4 rings (SSSR count).